The van der Waals surface area contributed by atoms with E-state index in [1.165, 1.54) is 11.8 Å². The zero-order chi connectivity index (χ0) is 17.0. The third-order valence-corrected chi connectivity index (χ3v) is 6.20. The summed E-state index contributed by atoms with van der Waals surface area (Å²) >= 11 is 3.17. The maximum absolute atomic E-state index is 12.3. The monoisotopic (exact) mass is 361 g/mol. The Balaban J connectivity index is 1.62. The number of rotatable bonds is 5. The minimum atomic E-state index is -1.09. The zero-order valence-electron chi connectivity index (χ0n) is 13.2. The summed E-state index contributed by atoms with van der Waals surface area (Å²) in [5, 5.41) is 14.6. The number of benzene rings is 2. The average molecular weight is 361 g/mol. The van der Waals surface area contributed by atoms with Gasteiger partial charge in [-0.3, -0.25) is 4.79 Å². The van der Waals surface area contributed by atoms with Gasteiger partial charge in [0.2, 0.25) is 5.91 Å². The Bertz CT molecular complexity index is 757. The number of nitrogens with one attached hydrogen (secondary N) is 1. The van der Waals surface area contributed by atoms with Crippen LogP contribution in [0.3, 0.4) is 0 Å². The molecule has 1 aliphatic rings. The third-order valence-electron chi connectivity index (χ3n) is 4.23. The van der Waals surface area contributed by atoms with E-state index >= 15 is 0 Å². The maximum atomic E-state index is 12.3. The standard InChI is InChI=1S/C18H19NO3S2/c20-16(19-18(17(21)22)7-9-23-10-8-18)12-24-15-6-5-13-3-1-2-4-14(13)11-15/h1-6,11H,7-10,12H2,(H,19,20)(H,21,22). The molecule has 1 aliphatic heterocycles. The zero-order valence-corrected chi connectivity index (χ0v) is 14.8. The molecular formula is C18H19NO3S2. The van der Waals surface area contributed by atoms with Crippen LogP contribution in [0.25, 0.3) is 10.8 Å². The molecule has 2 aromatic carbocycles. The van der Waals surface area contributed by atoms with Crippen LogP contribution >= 0.6 is 23.5 Å². The molecule has 1 saturated heterocycles. The van der Waals surface area contributed by atoms with E-state index in [0.717, 1.165) is 27.2 Å². The van der Waals surface area contributed by atoms with Crippen LogP contribution in [-0.4, -0.2) is 39.8 Å². The van der Waals surface area contributed by atoms with Crippen molar-refractivity contribution in [3.63, 3.8) is 0 Å². The molecule has 1 heterocycles. The quantitative estimate of drug-likeness (QED) is 0.799. The van der Waals surface area contributed by atoms with Crippen LogP contribution in [0.15, 0.2) is 47.4 Å². The Kier molecular flexibility index (Phi) is 5.36. The smallest absolute Gasteiger partial charge is 0.329 e. The first kappa shape index (κ1) is 17.2. The van der Waals surface area contributed by atoms with E-state index in [1.807, 2.05) is 36.4 Å². The Morgan fingerprint density at radius 2 is 1.83 bits per heavy atom. The molecule has 126 valence electrons. The molecule has 0 unspecified atom stereocenters. The maximum Gasteiger partial charge on any atom is 0.329 e. The minimum absolute atomic E-state index is 0.220. The molecule has 4 nitrogen and oxygen atoms in total. The van der Waals surface area contributed by atoms with Crippen LogP contribution in [0.1, 0.15) is 12.8 Å². The fraction of sp³-hybridized carbons (Fsp3) is 0.333. The summed E-state index contributed by atoms with van der Waals surface area (Å²) in [4.78, 5) is 24.9. The number of carboxylic acid groups (broad SMARTS) is 1. The highest BCUT2D eigenvalue weighted by molar-refractivity contribution is 8.00. The second-order valence-electron chi connectivity index (χ2n) is 5.85. The summed E-state index contributed by atoms with van der Waals surface area (Å²) in [5.74, 6) is 0.615. The Hall–Kier alpha value is -1.66. The number of fused-ring (bicyclic) bond motifs is 1. The van der Waals surface area contributed by atoms with Gasteiger partial charge < -0.3 is 10.4 Å². The Morgan fingerprint density at radius 1 is 1.12 bits per heavy atom. The summed E-state index contributed by atoms with van der Waals surface area (Å²) in [5.41, 5.74) is -1.09. The van der Waals surface area contributed by atoms with Gasteiger partial charge in [0.1, 0.15) is 5.54 Å². The summed E-state index contributed by atoms with van der Waals surface area (Å²) in [6, 6.07) is 14.2. The van der Waals surface area contributed by atoms with Gasteiger partial charge in [0, 0.05) is 4.90 Å². The van der Waals surface area contributed by atoms with Crippen molar-refractivity contribution in [3.8, 4) is 0 Å². The summed E-state index contributed by atoms with van der Waals surface area (Å²) in [6.45, 7) is 0. The van der Waals surface area contributed by atoms with Crippen LogP contribution in [0.5, 0.6) is 0 Å². The fourth-order valence-corrected chi connectivity index (χ4v) is 4.76. The predicted molar refractivity (Wildman–Crippen MR) is 99.7 cm³/mol. The lowest BCUT2D eigenvalue weighted by Gasteiger charge is -2.33. The number of carbonyl (C=O) groups is 2. The van der Waals surface area contributed by atoms with Gasteiger partial charge in [0.15, 0.2) is 0 Å². The Morgan fingerprint density at radius 3 is 2.54 bits per heavy atom. The molecule has 3 rings (SSSR count). The van der Waals surface area contributed by atoms with Gasteiger partial charge in [-0.25, -0.2) is 4.79 Å². The Labute approximate surface area is 149 Å². The molecule has 1 fully saturated rings. The molecule has 0 saturated carbocycles. The molecule has 0 aromatic heterocycles. The van der Waals surface area contributed by atoms with Crippen LogP contribution in [0.4, 0.5) is 0 Å². The minimum Gasteiger partial charge on any atom is -0.480 e. The molecule has 24 heavy (non-hydrogen) atoms. The second kappa shape index (κ2) is 7.49. The van der Waals surface area contributed by atoms with E-state index < -0.39 is 11.5 Å². The van der Waals surface area contributed by atoms with E-state index in [2.05, 4.69) is 11.4 Å². The van der Waals surface area contributed by atoms with Crippen LogP contribution < -0.4 is 5.32 Å². The van der Waals surface area contributed by atoms with Gasteiger partial charge in [-0.05, 0) is 47.3 Å². The van der Waals surface area contributed by atoms with Crippen molar-refractivity contribution in [2.75, 3.05) is 17.3 Å². The first-order valence-corrected chi connectivity index (χ1v) is 9.97. The molecule has 0 spiro atoms. The normalized spacial score (nSPS) is 16.7. The van der Waals surface area contributed by atoms with E-state index in [0.29, 0.717) is 12.8 Å². The molecule has 2 N–H and O–H groups in total. The van der Waals surface area contributed by atoms with Gasteiger partial charge in [-0.2, -0.15) is 11.8 Å². The number of hydrogen-bond acceptors (Lipinski definition) is 4. The molecule has 6 heteroatoms. The molecule has 0 aliphatic carbocycles. The van der Waals surface area contributed by atoms with Gasteiger partial charge in [0.05, 0.1) is 5.75 Å². The third kappa shape index (κ3) is 3.87. The lowest BCUT2D eigenvalue weighted by atomic mass is 9.92. The van der Waals surface area contributed by atoms with E-state index in [4.69, 9.17) is 0 Å². The SMILES string of the molecule is O=C(CSc1ccc2ccccc2c1)NC1(C(=O)O)CCSCC1. The van der Waals surface area contributed by atoms with Crippen LogP contribution in [0.2, 0.25) is 0 Å². The molecule has 2 aromatic rings. The first-order valence-electron chi connectivity index (χ1n) is 7.83. The lowest BCUT2D eigenvalue weighted by molar-refractivity contribution is -0.147. The molecule has 0 radical (unpaired) electrons. The van der Waals surface area contributed by atoms with E-state index in [9.17, 15) is 14.7 Å². The van der Waals surface area contributed by atoms with Crippen molar-refractivity contribution in [1.82, 2.24) is 5.32 Å². The summed E-state index contributed by atoms with van der Waals surface area (Å²) < 4.78 is 0. The van der Waals surface area contributed by atoms with Crippen LogP contribution in [-0.2, 0) is 9.59 Å². The van der Waals surface area contributed by atoms with Gasteiger partial charge in [-0.1, -0.05) is 30.3 Å². The highest BCUT2D eigenvalue weighted by Gasteiger charge is 2.41. The largest absolute Gasteiger partial charge is 0.480 e. The number of carboxylic acids is 1. The van der Waals surface area contributed by atoms with Gasteiger partial charge in [0.25, 0.3) is 0 Å². The van der Waals surface area contributed by atoms with Gasteiger partial charge >= 0.3 is 5.97 Å². The van der Waals surface area contributed by atoms with E-state index in [1.54, 1.807) is 11.8 Å². The number of aliphatic carboxylic acids is 1. The molecular weight excluding hydrogens is 342 g/mol. The highest BCUT2D eigenvalue weighted by Crippen LogP contribution is 2.28. The number of carbonyl (C=O) groups excluding carboxylic acids is 1. The predicted octanol–water partition coefficient (Wildman–Crippen LogP) is 3.40. The average Bonchev–Trinajstić information content (AvgIpc) is 2.60. The topological polar surface area (TPSA) is 66.4 Å². The first-order chi connectivity index (χ1) is 11.6. The van der Waals surface area contributed by atoms with Crippen molar-refractivity contribution in [3.05, 3.63) is 42.5 Å². The highest BCUT2D eigenvalue weighted by atomic mass is 32.2. The second-order valence-corrected chi connectivity index (χ2v) is 8.12. The van der Waals surface area contributed by atoms with Crippen molar-refractivity contribution < 1.29 is 14.7 Å². The van der Waals surface area contributed by atoms with Crippen molar-refractivity contribution in [2.45, 2.75) is 23.3 Å². The van der Waals surface area contributed by atoms with Crippen molar-refractivity contribution >= 4 is 46.2 Å². The number of thioether (sulfide) groups is 2. The lowest BCUT2D eigenvalue weighted by Crippen LogP contribution is -2.57. The fourth-order valence-electron chi connectivity index (χ4n) is 2.82. The molecule has 1 amide bonds. The molecule has 0 bridgehead atoms. The number of hydrogen-bond donors (Lipinski definition) is 2. The van der Waals surface area contributed by atoms with Crippen molar-refractivity contribution in [2.24, 2.45) is 0 Å². The van der Waals surface area contributed by atoms with Gasteiger partial charge in [-0.15, -0.1) is 11.8 Å². The summed E-state index contributed by atoms with van der Waals surface area (Å²) in [7, 11) is 0. The van der Waals surface area contributed by atoms with Crippen molar-refractivity contribution in [1.29, 1.82) is 0 Å². The van der Waals surface area contributed by atoms with Crippen LogP contribution in [0, 0.1) is 0 Å². The molecule has 0 atom stereocenters. The summed E-state index contributed by atoms with van der Waals surface area (Å²) in [6.07, 6.45) is 0.971. The van der Waals surface area contributed by atoms with E-state index in [-0.39, 0.29) is 11.7 Å². The number of amides is 1.